The molecular weight excluding hydrogens is 650 g/mol. The monoisotopic (exact) mass is 674 g/mol. The summed E-state index contributed by atoms with van der Waals surface area (Å²) in [5.74, 6) is -0.312. The number of nitrogens with zero attached hydrogens (tertiary/aromatic N) is 7. The number of H-pyrrole nitrogens is 1. The maximum atomic E-state index is 13.2. The lowest BCUT2D eigenvalue weighted by atomic mass is 10.0. The second-order valence-electron chi connectivity index (χ2n) is 10.2. The van der Waals surface area contributed by atoms with Gasteiger partial charge in [0.05, 0.1) is 25.7 Å². The second-order valence-corrected chi connectivity index (χ2v) is 13.0. The first-order chi connectivity index (χ1) is 21.3. The van der Waals surface area contributed by atoms with Gasteiger partial charge in [0.15, 0.2) is 23.0 Å². The summed E-state index contributed by atoms with van der Waals surface area (Å²) in [6.45, 7) is -1.64. The number of ether oxygens (including phenoxy) is 2. The number of hydrogen-bond donors (Lipinski definition) is 7. The summed E-state index contributed by atoms with van der Waals surface area (Å²) in [4.78, 5) is 51.7. The highest BCUT2D eigenvalue weighted by molar-refractivity contribution is 7.47. The molecule has 0 aromatic carbocycles. The van der Waals surface area contributed by atoms with Gasteiger partial charge in [0.2, 0.25) is 11.9 Å². The van der Waals surface area contributed by atoms with Crippen molar-refractivity contribution in [1.29, 1.82) is 0 Å². The molecule has 3 fully saturated rings. The number of aromatic amines is 1. The average molecular weight is 674 g/mol. The molecule has 3 aliphatic heterocycles. The summed E-state index contributed by atoms with van der Waals surface area (Å²) < 4.78 is 61.0. The third-order valence-corrected chi connectivity index (χ3v) is 9.32. The van der Waals surface area contributed by atoms with Gasteiger partial charge in [-0.25, -0.2) is 24.1 Å². The van der Waals surface area contributed by atoms with Crippen LogP contribution in [0, 0.1) is 0 Å². The van der Waals surface area contributed by atoms with Crippen LogP contribution in [-0.2, 0) is 36.7 Å². The maximum absolute atomic E-state index is 13.2. The summed E-state index contributed by atoms with van der Waals surface area (Å²) in [5.41, 5.74) is 10.8. The molecule has 4 aromatic heterocycles. The topological polar surface area (TPSA) is 329 Å². The SMILES string of the molecule is Nc1nc2c(ncn2C2OC3COP(=O)(O)OC4C(COP(=O)(O)OC2C3O)OC(c2cnn3c(N)ncnc23)C4O)c(=O)[nH]1. The molecule has 2 bridgehead atoms. The van der Waals surface area contributed by atoms with Crippen molar-refractivity contribution >= 4 is 44.4 Å². The summed E-state index contributed by atoms with van der Waals surface area (Å²) in [7, 11) is -10.2. The van der Waals surface area contributed by atoms with Gasteiger partial charge in [-0.1, -0.05) is 0 Å². The predicted octanol–water partition coefficient (Wildman–Crippen LogP) is -2.50. The lowest BCUT2D eigenvalue weighted by Gasteiger charge is -2.25. The quantitative estimate of drug-likeness (QED) is 0.108. The third kappa shape index (κ3) is 5.31. The Bertz CT molecular complexity index is 1940. The number of nitrogen functional groups attached to an aromatic ring is 2. The smallest absolute Gasteiger partial charge is 0.387 e. The van der Waals surface area contributed by atoms with Gasteiger partial charge in [-0.15, -0.1) is 0 Å². The summed E-state index contributed by atoms with van der Waals surface area (Å²) >= 11 is 0. The van der Waals surface area contributed by atoms with E-state index in [1.54, 1.807) is 0 Å². The summed E-state index contributed by atoms with van der Waals surface area (Å²) in [6, 6.07) is 0. The van der Waals surface area contributed by atoms with Gasteiger partial charge in [-0.2, -0.15) is 14.6 Å². The maximum Gasteiger partial charge on any atom is 0.472 e. The van der Waals surface area contributed by atoms with Crippen LogP contribution in [0.1, 0.15) is 17.9 Å². The Morgan fingerprint density at radius 2 is 1.64 bits per heavy atom. The number of nitrogens with two attached hydrogens (primary N) is 2. The number of rotatable bonds is 2. The van der Waals surface area contributed by atoms with Crippen molar-refractivity contribution in [2.24, 2.45) is 0 Å². The second kappa shape index (κ2) is 10.8. The van der Waals surface area contributed by atoms with Crippen LogP contribution in [0.15, 0.2) is 23.6 Å². The highest BCUT2D eigenvalue weighted by Crippen LogP contribution is 2.54. The van der Waals surface area contributed by atoms with Crippen LogP contribution in [0.3, 0.4) is 0 Å². The fourth-order valence-electron chi connectivity index (χ4n) is 5.34. The van der Waals surface area contributed by atoms with E-state index >= 15 is 0 Å². The van der Waals surface area contributed by atoms with Gasteiger partial charge in [0, 0.05) is 5.56 Å². The minimum Gasteiger partial charge on any atom is -0.387 e. The average Bonchev–Trinajstić information content (AvgIpc) is 3.72. The molecule has 0 radical (unpaired) electrons. The van der Waals surface area contributed by atoms with Crippen LogP contribution in [0.25, 0.3) is 16.8 Å². The first kappa shape index (κ1) is 30.2. The number of aliphatic hydroxyl groups is 2. The Balaban J connectivity index is 1.21. The lowest BCUT2D eigenvalue weighted by molar-refractivity contribution is -0.0636. The van der Waals surface area contributed by atoms with E-state index in [-0.39, 0.29) is 34.3 Å². The normalized spacial score (nSPS) is 37.7. The van der Waals surface area contributed by atoms with Gasteiger partial charge in [0.1, 0.15) is 49.1 Å². The van der Waals surface area contributed by atoms with Crippen LogP contribution in [0.5, 0.6) is 0 Å². The molecular formula is C20H24N10O13P2. The molecule has 45 heavy (non-hydrogen) atoms. The molecule has 0 saturated carbocycles. The molecule has 25 heteroatoms. The summed E-state index contributed by atoms with van der Waals surface area (Å²) in [5, 5.41) is 26.2. The zero-order valence-electron chi connectivity index (χ0n) is 22.4. The number of fused-ring (bicyclic) bond motifs is 5. The molecule has 23 nitrogen and oxygen atoms in total. The Kier molecular flexibility index (Phi) is 7.27. The number of aromatic nitrogens is 8. The van der Waals surface area contributed by atoms with Crippen LogP contribution in [-0.4, -0.2) is 109 Å². The Labute approximate surface area is 248 Å². The van der Waals surface area contributed by atoms with Crippen molar-refractivity contribution in [3.63, 3.8) is 0 Å². The standard InChI is InChI=1S/C20H24N10O13P2/c21-19-27-16-9(17(33)28-19)25-5-29(16)18-14-10(31)7(41-18)2-38-44(34,35)42-13-8(3-39-45(36,37)43-14)40-12(11(13)32)6-1-26-30-15(6)23-4-24-20(30)22/h1,4-5,7-8,10-14,18,31-32H,2-3H2,(H,34,35)(H,36,37)(H2,22,23,24)(H3,21,27,28,33). The molecule has 242 valence electrons. The van der Waals surface area contributed by atoms with E-state index in [0.29, 0.717) is 0 Å². The summed E-state index contributed by atoms with van der Waals surface area (Å²) in [6.07, 6.45) is -9.05. The highest BCUT2D eigenvalue weighted by atomic mass is 31.2. The van der Waals surface area contributed by atoms with E-state index in [0.717, 1.165) is 21.7 Å². The molecule has 0 spiro atoms. The zero-order valence-corrected chi connectivity index (χ0v) is 24.2. The Hall–Kier alpha value is -3.44. The van der Waals surface area contributed by atoms with Gasteiger partial charge in [0.25, 0.3) is 5.56 Å². The van der Waals surface area contributed by atoms with Crippen LogP contribution < -0.4 is 17.0 Å². The van der Waals surface area contributed by atoms with E-state index in [2.05, 4.69) is 30.0 Å². The molecule has 9 N–H and O–H groups in total. The van der Waals surface area contributed by atoms with Crippen molar-refractivity contribution in [1.82, 2.24) is 39.1 Å². The molecule has 0 aliphatic carbocycles. The first-order valence-electron chi connectivity index (χ1n) is 13.0. The number of imidazole rings is 1. The van der Waals surface area contributed by atoms with Crippen molar-refractivity contribution in [3.05, 3.63) is 34.8 Å². The largest absolute Gasteiger partial charge is 0.472 e. The van der Waals surface area contributed by atoms with Crippen molar-refractivity contribution in [2.45, 2.75) is 49.0 Å². The molecule has 0 amide bonds. The molecule has 10 unspecified atom stereocenters. The predicted molar refractivity (Wildman–Crippen MR) is 143 cm³/mol. The number of phosphoric ester groups is 2. The van der Waals surface area contributed by atoms with Crippen LogP contribution in [0.4, 0.5) is 11.9 Å². The van der Waals surface area contributed by atoms with E-state index in [9.17, 15) is 33.9 Å². The van der Waals surface area contributed by atoms with E-state index < -0.39 is 83.4 Å². The number of hydrogen-bond acceptors (Lipinski definition) is 18. The molecule has 7 heterocycles. The minimum atomic E-state index is -5.11. The number of aliphatic hydroxyl groups excluding tert-OH is 2. The molecule has 3 saturated heterocycles. The van der Waals surface area contributed by atoms with Gasteiger partial charge in [-0.05, 0) is 0 Å². The Morgan fingerprint density at radius 3 is 2.40 bits per heavy atom. The van der Waals surface area contributed by atoms with Gasteiger partial charge in [-0.3, -0.25) is 32.4 Å². The van der Waals surface area contributed by atoms with Crippen molar-refractivity contribution in [3.8, 4) is 0 Å². The molecule has 10 atom stereocenters. The van der Waals surface area contributed by atoms with E-state index in [1.807, 2.05) is 0 Å². The van der Waals surface area contributed by atoms with Crippen LogP contribution in [0.2, 0.25) is 0 Å². The third-order valence-electron chi connectivity index (χ3n) is 7.35. The molecule has 3 aliphatic rings. The first-order valence-corrected chi connectivity index (χ1v) is 16.0. The molecule has 4 aromatic rings. The zero-order chi connectivity index (χ0) is 31.8. The van der Waals surface area contributed by atoms with Gasteiger partial charge < -0.3 is 40.9 Å². The number of phosphoric acid groups is 2. The van der Waals surface area contributed by atoms with E-state index in [4.69, 9.17) is 39.0 Å². The van der Waals surface area contributed by atoms with Crippen molar-refractivity contribution < 1.29 is 56.7 Å². The fourth-order valence-corrected chi connectivity index (χ4v) is 7.23. The number of anilines is 2. The number of nitrogens with one attached hydrogen (secondary N) is 1. The molecule has 7 rings (SSSR count). The lowest BCUT2D eigenvalue weighted by Crippen LogP contribution is -2.35. The van der Waals surface area contributed by atoms with Gasteiger partial charge >= 0.3 is 15.6 Å². The van der Waals surface area contributed by atoms with E-state index in [1.165, 1.54) is 6.20 Å². The Morgan fingerprint density at radius 1 is 0.933 bits per heavy atom. The van der Waals surface area contributed by atoms with Crippen molar-refractivity contribution in [2.75, 3.05) is 24.7 Å². The highest BCUT2D eigenvalue weighted by Gasteiger charge is 2.54. The fraction of sp³-hybridized carbons (Fsp3) is 0.500. The minimum absolute atomic E-state index is 0.0282. The van der Waals surface area contributed by atoms with Crippen LogP contribution >= 0.6 is 15.6 Å².